The Morgan fingerprint density at radius 2 is 1.53 bits per heavy atom. The van der Waals surface area contributed by atoms with Crippen molar-refractivity contribution in [3.8, 4) is 0 Å². The number of carbonyl (C=O) groups is 5. The average Bonchev–Trinajstić information content (AvgIpc) is 3.38. The lowest BCUT2D eigenvalue weighted by molar-refractivity contribution is -0.144. The van der Waals surface area contributed by atoms with Gasteiger partial charge in [-0.15, -0.1) is 0 Å². The Bertz CT molecular complexity index is 1410. The largest absolute Gasteiger partial charge is 0.349 e. The van der Waals surface area contributed by atoms with Gasteiger partial charge in [-0.05, 0) is 56.4 Å². The molecule has 0 radical (unpaired) electrons. The number of hydrogen-bond acceptors (Lipinski definition) is 8. The maximum absolute atomic E-state index is 14.5. The number of sulfone groups is 1. The second kappa shape index (κ2) is 16.5. The lowest BCUT2D eigenvalue weighted by Crippen LogP contribution is -2.67. The standard InChI is InChI=1S/C37H62N6O7S/c1-5-20-38-33(46)31(44)26-16-12-9-7-6-8-10-13-17-27(34(47)43-23-25-29(36(25,2)3)30(43)32(45)39-26)40-35(48)41-37(18-14-11-15-19-37)28-24-42(4)21-22-51(28,49)50/h25-30H,5-24H2,1-4H3,(H,38,46)(H,39,45)(H2,40,41,48)/t25-,26+,27+,28-,29-,30-/m0/s1. The van der Waals surface area contributed by atoms with Crippen LogP contribution in [0.25, 0.3) is 0 Å². The molecule has 5 aliphatic rings. The Labute approximate surface area is 304 Å². The molecule has 3 aliphatic heterocycles. The van der Waals surface area contributed by atoms with E-state index in [9.17, 15) is 32.4 Å². The van der Waals surface area contributed by atoms with Crippen LogP contribution in [0.1, 0.15) is 117 Å². The molecule has 0 aromatic heterocycles. The zero-order valence-electron chi connectivity index (χ0n) is 31.3. The van der Waals surface area contributed by atoms with Crippen LogP contribution in [0.3, 0.4) is 0 Å². The van der Waals surface area contributed by atoms with Crippen LogP contribution in [-0.2, 0) is 29.0 Å². The van der Waals surface area contributed by atoms with Crippen LogP contribution in [0.4, 0.5) is 4.79 Å². The normalized spacial score (nSPS) is 32.8. The lowest BCUT2D eigenvalue weighted by atomic mass is 9.78. The molecule has 288 valence electrons. The van der Waals surface area contributed by atoms with Gasteiger partial charge < -0.3 is 31.1 Å². The first-order valence-electron chi connectivity index (χ1n) is 19.6. The third-order valence-corrected chi connectivity index (χ3v) is 14.9. The molecule has 3 saturated heterocycles. The predicted octanol–water partition coefficient (Wildman–Crippen LogP) is 2.67. The number of amides is 5. The highest BCUT2D eigenvalue weighted by atomic mass is 32.2. The van der Waals surface area contributed by atoms with E-state index in [2.05, 4.69) is 35.1 Å². The SMILES string of the molecule is CCCNC(=O)C(=O)[C@H]1CCCCCCCCC[C@@H](NC(=O)NC2([C@@H]3CN(C)CCS3(=O)=O)CCCCC2)C(=O)N2C[C@H]3[C@@H]([C@H]2C(=O)N1)C3(C)C. The monoisotopic (exact) mass is 734 g/mol. The third kappa shape index (κ3) is 8.91. The molecule has 0 aromatic carbocycles. The zero-order valence-corrected chi connectivity index (χ0v) is 32.1. The molecule has 0 aromatic rings. The summed E-state index contributed by atoms with van der Waals surface area (Å²) in [4.78, 5) is 72.2. The summed E-state index contributed by atoms with van der Waals surface area (Å²) in [5.41, 5.74) is -1.10. The van der Waals surface area contributed by atoms with Crippen LogP contribution in [-0.4, -0.2) is 116 Å². The minimum atomic E-state index is -3.45. The van der Waals surface area contributed by atoms with Crippen LogP contribution in [0, 0.1) is 17.3 Å². The summed E-state index contributed by atoms with van der Waals surface area (Å²) in [6.07, 6.45) is 11.2. The summed E-state index contributed by atoms with van der Waals surface area (Å²) in [7, 11) is -1.54. The first-order valence-corrected chi connectivity index (χ1v) is 21.3. The smallest absolute Gasteiger partial charge is 0.315 e. The van der Waals surface area contributed by atoms with E-state index in [0.717, 1.165) is 57.8 Å². The average molecular weight is 735 g/mol. The fraction of sp³-hybridized carbons (Fsp3) is 0.865. The Kier molecular flexibility index (Phi) is 12.8. The molecular weight excluding hydrogens is 673 g/mol. The molecule has 6 atom stereocenters. The van der Waals surface area contributed by atoms with Gasteiger partial charge in [0.25, 0.3) is 5.91 Å². The fourth-order valence-electron chi connectivity index (χ4n) is 9.42. The van der Waals surface area contributed by atoms with Crippen LogP contribution in [0.15, 0.2) is 0 Å². The van der Waals surface area contributed by atoms with E-state index in [1.807, 2.05) is 18.9 Å². The molecule has 0 bridgehead atoms. The van der Waals surface area contributed by atoms with Gasteiger partial charge in [-0.2, -0.15) is 0 Å². The van der Waals surface area contributed by atoms with Gasteiger partial charge in [0.05, 0.1) is 22.6 Å². The molecule has 13 nitrogen and oxygen atoms in total. The highest BCUT2D eigenvalue weighted by molar-refractivity contribution is 7.92. The van der Waals surface area contributed by atoms with Crippen molar-refractivity contribution < 1.29 is 32.4 Å². The van der Waals surface area contributed by atoms with Crippen LogP contribution >= 0.6 is 0 Å². The molecule has 14 heteroatoms. The Morgan fingerprint density at radius 1 is 0.902 bits per heavy atom. The highest BCUT2D eigenvalue weighted by Gasteiger charge is 2.69. The maximum Gasteiger partial charge on any atom is 0.315 e. The van der Waals surface area contributed by atoms with Crippen LogP contribution < -0.4 is 21.3 Å². The summed E-state index contributed by atoms with van der Waals surface area (Å²) < 4.78 is 26.8. The fourth-order valence-corrected chi connectivity index (χ4v) is 11.7. The molecule has 5 amide bonds. The van der Waals surface area contributed by atoms with E-state index in [1.54, 1.807) is 4.90 Å². The van der Waals surface area contributed by atoms with Gasteiger partial charge in [0.15, 0.2) is 9.84 Å². The third-order valence-electron chi connectivity index (χ3n) is 12.6. The lowest BCUT2D eigenvalue weighted by Gasteiger charge is -2.46. The summed E-state index contributed by atoms with van der Waals surface area (Å²) in [6, 6.07) is -3.28. The minimum Gasteiger partial charge on any atom is -0.349 e. The topological polar surface area (TPSA) is 174 Å². The summed E-state index contributed by atoms with van der Waals surface area (Å²) >= 11 is 0. The van der Waals surface area contributed by atoms with E-state index >= 15 is 0 Å². The zero-order chi connectivity index (χ0) is 37.0. The van der Waals surface area contributed by atoms with Crippen LogP contribution in [0.2, 0.25) is 0 Å². The highest BCUT2D eigenvalue weighted by Crippen LogP contribution is 2.65. The summed E-state index contributed by atoms with van der Waals surface area (Å²) in [6.45, 7) is 7.60. The molecule has 2 aliphatic carbocycles. The molecule has 51 heavy (non-hydrogen) atoms. The Balaban J connectivity index is 1.38. The molecule has 0 unspecified atom stereocenters. The molecule has 3 heterocycles. The van der Waals surface area contributed by atoms with Crippen molar-refractivity contribution in [1.82, 2.24) is 31.1 Å². The van der Waals surface area contributed by atoms with Gasteiger partial charge in [-0.25, -0.2) is 13.2 Å². The number of nitrogens with one attached hydrogen (secondary N) is 4. The van der Waals surface area contributed by atoms with Crippen molar-refractivity contribution in [3.63, 3.8) is 0 Å². The number of urea groups is 1. The number of hydrogen-bond donors (Lipinski definition) is 4. The van der Waals surface area contributed by atoms with Gasteiger partial charge in [0.1, 0.15) is 12.1 Å². The van der Waals surface area contributed by atoms with Gasteiger partial charge >= 0.3 is 6.03 Å². The predicted molar refractivity (Wildman–Crippen MR) is 194 cm³/mol. The van der Waals surface area contributed by atoms with Crippen molar-refractivity contribution in [3.05, 3.63) is 0 Å². The molecular formula is C37H62N6O7S. The number of carbonyl (C=O) groups excluding carboxylic acids is 5. The van der Waals surface area contributed by atoms with Crippen molar-refractivity contribution in [1.29, 1.82) is 0 Å². The Hall–Kier alpha value is -2.74. The molecule has 2 saturated carbocycles. The number of fused-ring (bicyclic) bond motifs is 3. The molecule has 5 fully saturated rings. The Morgan fingerprint density at radius 3 is 2.20 bits per heavy atom. The first kappa shape index (κ1) is 39.5. The number of Topliss-reactive ketones (excluding diaryl/α,β-unsaturated/α-hetero) is 1. The first-order chi connectivity index (χ1) is 24.2. The second-order valence-electron chi connectivity index (χ2n) is 16.6. The van der Waals surface area contributed by atoms with Gasteiger partial charge in [0.2, 0.25) is 17.6 Å². The van der Waals surface area contributed by atoms with Gasteiger partial charge in [0, 0.05) is 26.2 Å². The van der Waals surface area contributed by atoms with E-state index in [-0.39, 0.29) is 28.9 Å². The number of nitrogens with zero attached hydrogens (tertiary/aromatic N) is 2. The van der Waals surface area contributed by atoms with Crippen LogP contribution in [0.5, 0.6) is 0 Å². The van der Waals surface area contributed by atoms with Crippen molar-refractivity contribution in [2.45, 2.75) is 146 Å². The number of piperidine rings is 1. The van der Waals surface area contributed by atoms with Gasteiger partial charge in [-0.3, -0.25) is 19.2 Å². The number of ketones is 1. The molecule has 5 rings (SSSR count). The van der Waals surface area contributed by atoms with E-state index < -0.39 is 62.4 Å². The van der Waals surface area contributed by atoms with Gasteiger partial charge in [-0.1, -0.05) is 85.0 Å². The maximum atomic E-state index is 14.5. The van der Waals surface area contributed by atoms with Crippen molar-refractivity contribution in [2.75, 3.05) is 39.0 Å². The second-order valence-corrected chi connectivity index (χ2v) is 18.9. The van der Waals surface area contributed by atoms with Crippen molar-refractivity contribution in [2.24, 2.45) is 17.3 Å². The number of rotatable bonds is 7. The quantitative estimate of drug-likeness (QED) is 0.289. The summed E-state index contributed by atoms with van der Waals surface area (Å²) in [5.74, 6) is -2.13. The van der Waals surface area contributed by atoms with E-state index in [0.29, 0.717) is 64.7 Å². The minimum absolute atomic E-state index is 0.0489. The van der Waals surface area contributed by atoms with E-state index in [4.69, 9.17) is 0 Å². The molecule has 0 spiro atoms. The molecule has 4 N–H and O–H groups in total. The summed E-state index contributed by atoms with van der Waals surface area (Å²) in [5, 5.41) is 10.9. The van der Waals surface area contributed by atoms with E-state index in [1.165, 1.54) is 0 Å². The van der Waals surface area contributed by atoms with Crippen molar-refractivity contribution >= 4 is 39.4 Å².